The number of allylic oxidation sites excluding steroid dienone is 1. The van der Waals surface area contributed by atoms with E-state index in [4.69, 9.17) is 4.74 Å². The maximum absolute atomic E-state index is 12.4. The van der Waals surface area contributed by atoms with Crippen LogP contribution >= 0.6 is 0 Å². The standard InChI is InChI=1S/C17H15NO2.ClH/c1-2-20-15-4-3-13-10-14(17(19)16(13)11-15)9-12-5-7-18-8-6-12;/h3-9,11H,2,10H2,1H3;1H. The zero-order valence-electron chi connectivity index (χ0n) is 11.7. The molecule has 0 atom stereocenters. The quantitative estimate of drug-likeness (QED) is 0.732. The first-order chi connectivity index (χ1) is 9.78. The molecule has 0 saturated heterocycles. The first kappa shape index (κ1) is 15.3. The summed E-state index contributed by atoms with van der Waals surface area (Å²) in [5.74, 6) is 0.865. The maximum atomic E-state index is 12.4. The minimum Gasteiger partial charge on any atom is -1.00 e. The number of hydrogen-bond donors (Lipinski definition) is 0. The van der Waals surface area contributed by atoms with Gasteiger partial charge in [0.05, 0.1) is 6.61 Å². The fourth-order valence-electron chi connectivity index (χ4n) is 2.45. The zero-order valence-corrected chi connectivity index (χ0v) is 12.5. The van der Waals surface area contributed by atoms with Crippen LogP contribution in [0.2, 0.25) is 0 Å². The number of ether oxygens (including phenoxy) is 1. The van der Waals surface area contributed by atoms with Crippen LogP contribution in [-0.4, -0.2) is 12.4 Å². The van der Waals surface area contributed by atoms with Crippen LogP contribution in [-0.2, 0) is 6.42 Å². The monoisotopic (exact) mass is 301 g/mol. The summed E-state index contributed by atoms with van der Waals surface area (Å²) in [5.41, 5.74) is 3.71. The van der Waals surface area contributed by atoms with Gasteiger partial charge in [-0.05, 0) is 36.3 Å². The van der Waals surface area contributed by atoms with Crippen molar-refractivity contribution < 1.29 is 26.9 Å². The van der Waals surface area contributed by atoms with Crippen molar-refractivity contribution in [3.63, 3.8) is 0 Å². The van der Waals surface area contributed by atoms with E-state index in [0.29, 0.717) is 13.0 Å². The van der Waals surface area contributed by atoms with Gasteiger partial charge in [0.25, 0.3) is 0 Å². The molecule has 2 aromatic rings. The highest BCUT2D eigenvalue weighted by atomic mass is 35.5. The highest BCUT2D eigenvalue weighted by Gasteiger charge is 2.25. The Labute approximate surface area is 130 Å². The Morgan fingerprint density at radius 2 is 2.00 bits per heavy atom. The van der Waals surface area contributed by atoms with E-state index in [2.05, 4.69) is 4.98 Å². The predicted octanol–water partition coefficient (Wildman–Crippen LogP) is -0.274. The molecule has 1 aromatic heterocycles. The number of aromatic amines is 1. The van der Waals surface area contributed by atoms with Gasteiger partial charge in [0.1, 0.15) is 5.75 Å². The highest BCUT2D eigenvalue weighted by Crippen LogP contribution is 2.30. The molecular weight excluding hydrogens is 286 g/mol. The van der Waals surface area contributed by atoms with Crippen molar-refractivity contribution in [3.05, 3.63) is 65.0 Å². The molecule has 21 heavy (non-hydrogen) atoms. The third-order valence-electron chi connectivity index (χ3n) is 3.39. The first-order valence-electron chi connectivity index (χ1n) is 6.75. The summed E-state index contributed by atoms with van der Waals surface area (Å²) < 4.78 is 5.46. The van der Waals surface area contributed by atoms with Gasteiger partial charge in [-0.1, -0.05) is 6.07 Å². The Hall–Kier alpha value is -2.13. The van der Waals surface area contributed by atoms with Gasteiger partial charge in [-0.25, -0.2) is 4.98 Å². The number of Topliss-reactive ketones (excluding diaryl/α,β-unsaturated/α-hetero) is 1. The van der Waals surface area contributed by atoms with Gasteiger partial charge in [-0.3, -0.25) is 4.79 Å². The van der Waals surface area contributed by atoms with E-state index in [1.165, 1.54) is 0 Å². The van der Waals surface area contributed by atoms with E-state index < -0.39 is 0 Å². The smallest absolute Gasteiger partial charge is 0.189 e. The molecule has 1 aliphatic rings. The summed E-state index contributed by atoms with van der Waals surface area (Å²) in [7, 11) is 0. The summed E-state index contributed by atoms with van der Waals surface area (Å²) in [6.45, 7) is 2.54. The van der Waals surface area contributed by atoms with Crippen LogP contribution in [0.4, 0.5) is 0 Å². The van der Waals surface area contributed by atoms with E-state index in [1.807, 2.05) is 55.7 Å². The molecule has 1 aliphatic carbocycles. The third-order valence-corrected chi connectivity index (χ3v) is 3.39. The molecule has 4 heteroatoms. The average molecular weight is 302 g/mol. The lowest BCUT2D eigenvalue weighted by Gasteiger charge is -2.04. The molecule has 1 aromatic carbocycles. The van der Waals surface area contributed by atoms with Gasteiger partial charge in [-0.2, -0.15) is 0 Å². The number of halogens is 1. The second-order valence-corrected chi connectivity index (χ2v) is 4.76. The maximum Gasteiger partial charge on any atom is 0.189 e. The Bertz CT molecular complexity index is 680. The van der Waals surface area contributed by atoms with Crippen molar-refractivity contribution in [1.82, 2.24) is 0 Å². The molecule has 3 rings (SSSR count). The first-order valence-corrected chi connectivity index (χ1v) is 6.75. The lowest BCUT2D eigenvalue weighted by Crippen LogP contribution is -3.00. The summed E-state index contributed by atoms with van der Waals surface area (Å²) in [4.78, 5) is 15.4. The molecule has 0 bridgehead atoms. The summed E-state index contributed by atoms with van der Waals surface area (Å²) in [5, 5.41) is 0. The third kappa shape index (κ3) is 3.14. The lowest BCUT2D eigenvalue weighted by atomic mass is 10.1. The fourth-order valence-corrected chi connectivity index (χ4v) is 2.45. The normalized spacial score (nSPS) is 14.7. The number of carbonyl (C=O) groups is 1. The Balaban J connectivity index is 0.00000161. The number of ketones is 1. The number of aromatic nitrogens is 1. The van der Waals surface area contributed by atoms with Crippen LogP contribution in [0, 0.1) is 0 Å². The van der Waals surface area contributed by atoms with Gasteiger partial charge >= 0.3 is 0 Å². The highest BCUT2D eigenvalue weighted by molar-refractivity contribution is 6.15. The molecule has 108 valence electrons. The van der Waals surface area contributed by atoms with Gasteiger partial charge in [0.2, 0.25) is 0 Å². The molecule has 0 amide bonds. The van der Waals surface area contributed by atoms with E-state index >= 15 is 0 Å². The fraction of sp³-hybridized carbons (Fsp3) is 0.176. The molecule has 0 radical (unpaired) electrons. The number of H-pyrrole nitrogens is 1. The van der Waals surface area contributed by atoms with Gasteiger partial charge in [0.15, 0.2) is 18.2 Å². The minimum absolute atomic E-state index is 0. The lowest BCUT2D eigenvalue weighted by molar-refractivity contribution is -0.378. The molecular formula is C17H16ClNO2. The van der Waals surface area contributed by atoms with Crippen LogP contribution in [0.1, 0.15) is 28.4 Å². The molecule has 0 spiro atoms. The number of rotatable bonds is 3. The van der Waals surface area contributed by atoms with Crippen LogP contribution < -0.4 is 22.1 Å². The van der Waals surface area contributed by atoms with E-state index in [9.17, 15) is 4.79 Å². The van der Waals surface area contributed by atoms with Crippen molar-refractivity contribution in [1.29, 1.82) is 0 Å². The van der Waals surface area contributed by atoms with E-state index in [-0.39, 0.29) is 18.2 Å². The second-order valence-electron chi connectivity index (χ2n) is 4.76. The largest absolute Gasteiger partial charge is 1.00 e. The van der Waals surface area contributed by atoms with Crippen molar-refractivity contribution in [2.45, 2.75) is 13.3 Å². The molecule has 0 fully saturated rings. The van der Waals surface area contributed by atoms with Crippen molar-refractivity contribution in [2.75, 3.05) is 6.61 Å². The van der Waals surface area contributed by atoms with Crippen molar-refractivity contribution in [3.8, 4) is 5.75 Å². The number of fused-ring (bicyclic) bond motifs is 1. The number of nitrogens with one attached hydrogen (secondary N) is 1. The van der Waals surface area contributed by atoms with E-state index in [1.54, 1.807) is 0 Å². The molecule has 0 aliphatic heterocycles. The second kappa shape index (κ2) is 6.55. The summed E-state index contributed by atoms with van der Waals surface area (Å²) in [6, 6.07) is 9.67. The molecule has 1 heterocycles. The minimum atomic E-state index is 0. The average Bonchev–Trinajstić information content (AvgIpc) is 2.77. The number of carbonyl (C=O) groups excluding carboxylic acids is 1. The molecule has 1 N–H and O–H groups in total. The van der Waals surface area contributed by atoms with Crippen LogP contribution in [0.15, 0.2) is 48.3 Å². The van der Waals surface area contributed by atoms with Crippen LogP contribution in [0.5, 0.6) is 5.75 Å². The Morgan fingerprint density at radius 1 is 1.24 bits per heavy atom. The van der Waals surface area contributed by atoms with Gasteiger partial charge in [-0.15, -0.1) is 0 Å². The summed E-state index contributed by atoms with van der Waals surface area (Å²) >= 11 is 0. The molecule has 0 unspecified atom stereocenters. The van der Waals surface area contributed by atoms with Gasteiger partial charge in [0, 0.05) is 29.7 Å². The molecule has 3 nitrogen and oxygen atoms in total. The predicted molar refractivity (Wildman–Crippen MR) is 76.6 cm³/mol. The van der Waals surface area contributed by atoms with Crippen LogP contribution in [0.3, 0.4) is 0 Å². The number of pyridine rings is 1. The Kier molecular flexibility index (Phi) is 4.76. The SMILES string of the molecule is CCOc1ccc2c(c1)C(=O)C(=Cc1cc[nH+]cc1)C2.[Cl-]. The number of hydrogen-bond acceptors (Lipinski definition) is 2. The van der Waals surface area contributed by atoms with Crippen LogP contribution in [0.25, 0.3) is 6.08 Å². The van der Waals surface area contributed by atoms with Gasteiger partial charge < -0.3 is 17.1 Å². The number of benzene rings is 1. The Morgan fingerprint density at radius 3 is 2.71 bits per heavy atom. The van der Waals surface area contributed by atoms with Crippen molar-refractivity contribution >= 4 is 11.9 Å². The topological polar surface area (TPSA) is 40.4 Å². The zero-order chi connectivity index (χ0) is 13.9. The van der Waals surface area contributed by atoms with Crippen molar-refractivity contribution in [2.24, 2.45) is 0 Å². The summed E-state index contributed by atoms with van der Waals surface area (Å²) in [6.07, 6.45) is 6.36. The van der Waals surface area contributed by atoms with E-state index in [0.717, 1.165) is 28.0 Å². The molecule has 0 saturated carbocycles.